The van der Waals surface area contributed by atoms with Gasteiger partial charge in [0.1, 0.15) is 22.7 Å². The summed E-state index contributed by atoms with van der Waals surface area (Å²) in [7, 11) is 0. The van der Waals surface area contributed by atoms with Crippen LogP contribution in [0.4, 0.5) is 5.82 Å². The molecule has 0 aliphatic heterocycles. The molecule has 1 heterocycles. The van der Waals surface area contributed by atoms with Gasteiger partial charge in [-0.15, -0.1) is 0 Å². The number of anilines is 1. The van der Waals surface area contributed by atoms with Crippen molar-refractivity contribution in [3.05, 3.63) is 44.2 Å². The second kappa shape index (κ2) is 5.53. The summed E-state index contributed by atoms with van der Waals surface area (Å²) in [5.41, 5.74) is 2.41. The van der Waals surface area contributed by atoms with Crippen LogP contribution in [-0.4, -0.2) is 32.2 Å². The number of H-pyrrole nitrogens is 1. The fourth-order valence-corrected chi connectivity index (χ4v) is 2.39. The van der Waals surface area contributed by atoms with Crippen molar-refractivity contribution in [2.75, 3.05) is 5.73 Å². The lowest BCUT2D eigenvalue weighted by Gasteiger charge is -2.13. The Kier molecular flexibility index (Phi) is 3.91. The van der Waals surface area contributed by atoms with Crippen LogP contribution >= 0.6 is 15.9 Å². The molecule has 2 aromatic rings. The number of carboxylic acid groups (broad SMARTS) is 2. The van der Waals surface area contributed by atoms with Gasteiger partial charge in [0, 0.05) is 15.6 Å². The van der Waals surface area contributed by atoms with E-state index in [0.717, 1.165) is 0 Å². The number of aromatic hydroxyl groups is 1. The lowest BCUT2D eigenvalue weighted by atomic mass is 9.95. The van der Waals surface area contributed by atoms with Crippen molar-refractivity contribution in [2.24, 2.45) is 0 Å². The van der Waals surface area contributed by atoms with Crippen LogP contribution in [0.25, 0.3) is 11.1 Å². The van der Waals surface area contributed by atoms with Crippen molar-refractivity contribution >= 4 is 33.7 Å². The zero-order valence-corrected chi connectivity index (χ0v) is 12.3. The first kappa shape index (κ1) is 15.6. The first-order chi connectivity index (χ1) is 10.2. The minimum atomic E-state index is -1.64. The molecule has 6 N–H and O–H groups in total. The summed E-state index contributed by atoms with van der Waals surface area (Å²) in [5, 5.41) is 28.4. The van der Waals surface area contributed by atoms with Gasteiger partial charge in [0.15, 0.2) is 0 Å². The van der Waals surface area contributed by atoms with Crippen LogP contribution in [0.15, 0.2) is 27.5 Å². The molecule has 9 heteroatoms. The van der Waals surface area contributed by atoms with Crippen LogP contribution in [0.2, 0.25) is 0 Å². The molecular weight excluding hydrogens is 360 g/mol. The highest BCUT2D eigenvalue weighted by Gasteiger charge is 2.28. The average molecular weight is 369 g/mol. The lowest BCUT2D eigenvalue weighted by molar-refractivity contribution is 0.0695. The summed E-state index contributed by atoms with van der Waals surface area (Å²) in [4.78, 5) is 36.6. The van der Waals surface area contributed by atoms with E-state index in [0.29, 0.717) is 4.47 Å². The van der Waals surface area contributed by atoms with Gasteiger partial charge < -0.3 is 26.0 Å². The normalized spacial score (nSPS) is 10.4. The van der Waals surface area contributed by atoms with E-state index in [9.17, 15) is 29.7 Å². The number of hydrogen-bond acceptors (Lipinski definition) is 5. The number of pyridine rings is 1. The molecule has 0 amide bonds. The number of aromatic amines is 1. The van der Waals surface area contributed by atoms with Crippen LogP contribution in [0.5, 0.6) is 5.75 Å². The molecule has 0 radical (unpaired) electrons. The van der Waals surface area contributed by atoms with Crippen molar-refractivity contribution < 1.29 is 24.9 Å². The maximum atomic E-state index is 11.8. The van der Waals surface area contributed by atoms with Gasteiger partial charge in [-0.25, -0.2) is 9.59 Å². The number of nitrogens with two attached hydrogens (primary N) is 1. The molecule has 8 nitrogen and oxygen atoms in total. The number of halogens is 1. The second-order valence-corrected chi connectivity index (χ2v) is 5.18. The third-order valence-corrected chi connectivity index (χ3v) is 3.39. The second-order valence-electron chi connectivity index (χ2n) is 4.26. The van der Waals surface area contributed by atoms with E-state index < -0.39 is 45.8 Å². The SMILES string of the molecule is Nc1[nH]c(=O)c(C(=O)O)c(-c2cc(Br)ccc2O)c1C(=O)O. The summed E-state index contributed by atoms with van der Waals surface area (Å²) >= 11 is 3.13. The molecule has 0 saturated carbocycles. The number of rotatable bonds is 3. The Morgan fingerprint density at radius 3 is 2.27 bits per heavy atom. The molecule has 114 valence electrons. The molecule has 2 rings (SSSR count). The number of nitrogens with one attached hydrogen (secondary N) is 1. The number of carbonyl (C=O) groups is 2. The van der Waals surface area contributed by atoms with Crippen molar-refractivity contribution in [2.45, 2.75) is 0 Å². The number of benzene rings is 1. The van der Waals surface area contributed by atoms with E-state index in [2.05, 4.69) is 15.9 Å². The van der Waals surface area contributed by atoms with Gasteiger partial charge in [0.25, 0.3) is 5.56 Å². The minimum Gasteiger partial charge on any atom is -0.507 e. The van der Waals surface area contributed by atoms with Crippen molar-refractivity contribution in [3.8, 4) is 16.9 Å². The monoisotopic (exact) mass is 368 g/mol. The number of hydrogen-bond donors (Lipinski definition) is 5. The van der Waals surface area contributed by atoms with E-state index in [-0.39, 0.29) is 5.56 Å². The van der Waals surface area contributed by atoms with Gasteiger partial charge >= 0.3 is 11.9 Å². The fourth-order valence-electron chi connectivity index (χ4n) is 2.02. The van der Waals surface area contributed by atoms with Crippen LogP contribution < -0.4 is 11.3 Å². The highest BCUT2D eigenvalue weighted by molar-refractivity contribution is 9.10. The van der Waals surface area contributed by atoms with Crippen molar-refractivity contribution in [3.63, 3.8) is 0 Å². The number of aromatic nitrogens is 1. The molecular formula is C13H9BrN2O6. The highest BCUT2D eigenvalue weighted by Crippen LogP contribution is 2.36. The maximum absolute atomic E-state index is 11.8. The quantitative estimate of drug-likeness (QED) is 0.549. The van der Waals surface area contributed by atoms with Gasteiger partial charge in [0.2, 0.25) is 0 Å². The molecule has 0 fully saturated rings. The number of aromatic carboxylic acids is 2. The Morgan fingerprint density at radius 2 is 1.73 bits per heavy atom. The number of phenols is 1. The predicted octanol–water partition coefficient (Wildman–Crippen LogP) is 1.49. The maximum Gasteiger partial charge on any atom is 0.342 e. The Balaban J connectivity index is 3.06. The van der Waals surface area contributed by atoms with Crippen molar-refractivity contribution in [1.29, 1.82) is 0 Å². The molecule has 0 spiro atoms. The number of carboxylic acids is 2. The zero-order chi connectivity index (χ0) is 16.6. The number of nitrogen functional groups attached to an aromatic ring is 1. The lowest BCUT2D eigenvalue weighted by Crippen LogP contribution is -2.24. The summed E-state index contributed by atoms with van der Waals surface area (Å²) < 4.78 is 0.451. The van der Waals surface area contributed by atoms with E-state index in [4.69, 9.17) is 5.73 Å². The Labute approximate surface area is 131 Å². The molecule has 0 aliphatic carbocycles. The first-order valence-electron chi connectivity index (χ1n) is 5.75. The minimum absolute atomic E-state index is 0.137. The summed E-state index contributed by atoms with van der Waals surface area (Å²) in [6.45, 7) is 0. The summed E-state index contributed by atoms with van der Waals surface area (Å²) in [5.74, 6) is -4.07. The number of phenolic OH excluding ortho intramolecular Hbond substituents is 1. The van der Waals surface area contributed by atoms with Gasteiger partial charge in [-0.2, -0.15) is 0 Å². The van der Waals surface area contributed by atoms with Gasteiger partial charge in [0.05, 0.1) is 0 Å². The Hall–Kier alpha value is -2.81. The van der Waals surface area contributed by atoms with Gasteiger partial charge in [-0.05, 0) is 18.2 Å². The topological polar surface area (TPSA) is 154 Å². The molecule has 1 aromatic carbocycles. The third kappa shape index (κ3) is 2.53. The Morgan fingerprint density at radius 1 is 1.14 bits per heavy atom. The molecule has 0 aliphatic rings. The van der Waals surface area contributed by atoms with Crippen LogP contribution in [0.3, 0.4) is 0 Å². The van der Waals surface area contributed by atoms with E-state index >= 15 is 0 Å². The molecule has 0 saturated heterocycles. The average Bonchev–Trinajstić information content (AvgIpc) is 2.39. The Bertz CT molecular complexity index is 858. The van der Waals surface area contributed by atoms with Crippen LogP contribution in [0.1, 0.15) is 20.7 Å². The summed E-state index contributed by atoms with van der Waals surface area (Å²) in [6, 6.07) is 3.99. The zero-order valence-electron chi connectivity index (χ0n) is 10.8. The standard InChI is InChI=1S/C13H9BrN2O6/c14-4-1-2-6(17)5(3-4)7-8(12(19)20)10(15)16-11(18)9(7)13(21)22/h1-3,17H,(H,19,20)(H,21,22)(H3,15,16,18). The molecule has 0 atom stereocenters. The molecule has 0 unspecified atom stereocenters. The van der Waals surface area contributed by atoms with Crippen molar-refractivity contribution in [1.82, 2.24) is 4.98 Å². The van der Waals surface area contributed by atoms with Gasteiger partial charge in [-0.3, -0.25) is 4.79 Å². The molecule has 22 heavy (non-hydrogen) atoms. The predicted molar refractivity (Wildman–Crippen MR) is 80.2 cm³/mol. The first-order valence-corrected chi connectivity index (χ1v) is 6.54. The smallest absolute Gasteiger partial charge is 0.342 e. The van der Waals surface area contributed by atoms with Crippen LogP contribution in [-0.2, 0) is 0 Å². The molecule has 0 bridgehead atoms. The van der Waals surface area contributed by atoms with Crippen LogP contribution in [0, 0.1) is 0 Å². The largest absolute Gasteiger partial charge is 0.507 e. The van der Waals surface area contributed by atoms with Gasteiger partial charge in [-0.1, -0.05) is 15.9 Å². The van der Waals surface area contributed by atoms with E-state index in [1.54, 1.807) is 0 Å². The fraction of sp³-hybridized carbons (Fsp3) is 0. The summed E-state index contributed by atoms with van der Waals surface area (Å²) in [6.07, 6.45) is 0. The third-order valence-electron chi connectivity index (χ3n) is 2.90. The molecule has 1 aromatic heterocycles. The van der Waals surface area contributed by atoms with E-state index in [1.807, 2.05) is 4.98 Å². The highest BCUT2D eigenvalue weighted by atomic mass is 79.9. The van der Waals surface area contributed by atoms with E-state index in [1.165, 1.54) is 18.2 Å².